The molecule has 0 aliphatic heterocycles. The molecule has 11 heavy (non-hydrogen) atoms. The Kier molecular flexibility index (Phi) is 1.60. The second-order valence-electron chi connectivity index (χ2n) is 2.80. The fourth-order valence-electron chi connectivity index (χ4n) is 1.59. The fourth-order valence-corrected chi connectivity index (χ4v) is 1.59. The Balaban J connectivity index is 2.39. The van der Waals surface area contributed by atoms with Gasteiger partial charge in [-0.3, -0.25) is 16.3 Å². The van der Waals surface area contributed by atoms with Crippen LogP contribution in [-0.2, 0) is 6.42 Å². The van der Waals surface area contributed by atoms with Crippen molar-refractivity contribution in [3.63, 3.8) is 0 Å². The molecule has 1 atom stereocenters. The molecule has 1 aliphatic rings. The predicted molar refractivity (Wildman–Crippen MR) is 42.6 cm³/mol. The Morgan fingerprint density at radius 3 is 3.36 bits per heavy atom. The van der Waals surface area contributed by atoms with E-state index in [1.54, 1.807) is 0 Å². The molecule has 3 nitrogen and oxygen atoms in total. The highest BCUT2D eigenvalue weighted by atomic mass is 15.2. The molecule has 0 radical (unpaired) electrons. The maximum absolute atomic E-state index is 5.37. The highest BCUT2D eigenvalue weighted by Crippen LogP contribution is 2.27. The first-order valence-corrected chi connectivity index (χ1v) is 3.81. The van der Waals surface area contributed by atoms with Crippen molar-refractivity contribution in [2.45, 2.75) is 18.9 Å². The number of nitrogens with one attached hydrogen (secondary N) is 1. The molecule has 3 heteroatoms. The first-order valence-electron chi connectivity index (χ1n) is 3.81. The molecule has 2 rings (SSSR count). The van der Waals surface area contributed by atoms with E-state index >= 15 is 0 Å². The van der Waals surface area contributed by atoms with E-state index in [2.05, 4.69) is 16.5 Å². The van der Waals surface area contributed by atoms with Gasteiger partial charge in [0.25, 0.3) is 0 Å². The Morgan fingerprint density at radius 2 is 2.55 bits per heavy atom. The first kappa shape index (κ1) is 6.76. The topological polar surface area (TPSA) is 50.9 Å². The van der Waals surface area contributed by atoms with Gasteiger partial charge in [0.05, 0.1) is 0 Å². The van der Waals surface area contributed by atoms with E-state index in [4.69, 9.17) is 5.84 Å². The number of fused-ring (bicyclic) bond motifs is 1. The molecule has 1 unspecified atom stereocenters. The molecule has 0 spiro atoms. The number of hydrogen-bond acceptors (Lipinski definition) is 3. The highest BCUT2D eigenvalue weighted by molar-refractivity contribution is 5.28. The second-order valence-corrected chi connectivity index (χ2v) is 2.80. The second kappa shape index (κ2) is 2.60. The molecule has 1 aromatic rings. The molecule has 1 aliphatic carbocycles. The van der Waals surface area contributed by atoms with Crippen LogP contribution in [0, 0.1) is 0 Å². The smallest absolute Gasteiger partial charge is 0.0481 e. The van der Waals surface area contributed by atoms with Gasteiger partial charge in [-0.05, 0) is 24.5 Å². The first-order chi connectivity index (χ1) is 5.42. The summed E-state index contributed by atoms with van der Waals surface area (Å²) in [4.78, 5) is 4.26. The molecule has 0 saturated carbocycles. The molecule has 0 saturated heterocycles. The third-order valence-electron chi connectivity index (χ3n) is 2.17. The predicted octanol–water partition coefficient (Wildman–Crippen LogP) is 0.532. The van der Waals surface area contributed by atoms with Crippen LogP contribution in [0.15, 0.2) is 18.3 Å². The summed E-state index contributed by atoms with van der Waals surface area (Å²) in [5, 5.41) is 0. The summed E-state index contributed by atoms with van der Waals surface area (Å²) in [7, 11) is 0. The third kappa shape index (κ3) is 1.02. The van der Waals surface area contributed by atoms with Crippen LogP contribution in [0.1, 0.15) is 23.7 Å². The number of pyridine rings is 1. The average Bonchev–Trinajstić information content (AvgIpc) is 2.47. The van der Waals surface area contributed by atoms with Crippen LogP contribution in [-0.4, -0.2) is 4.98 Å². The lowest BCUT2D eigenvalue weighted by Crippen LogP contribution is -2.26. The van der Waals surface area contributed by atoms with Crippen molar-refractivity contribution in [1.82, 2.24) is 10.4 Å². The van der Waals surface area contributed by atoms with Crippen molar-refractivity contribution in [3.8, 4) is 0 Å². The van der Waals surface area contributed by atoms with Gasteiger partial charge >= 0.3 is 0 Å². The van der Waals surface area contributed by atoms with Crippen LogP contribution in [0.25, 0.3) is 0 Å². The number of nitrogens with two attached hydrogens (primary N) is 1. The van der Waals surface area contributed by atoms with E-state index < -0.39 is 0 Å². The van der Waals surface area contributed by atoms with Crippen LogP contribution in [0.3, 0.4) is 0 Å². The summed E-state index contributed by atoms with van der Waals surface area (Å²) in [5.41, 5.74) is 5.23. The van der Waals surface area contributed by atoms with Gasteiger partial charge in [-0.1, -0.05) is 6.07 Å². The van der Waals surface area contributed by atoms with Gasteiger partial charge in [0.2, 0.25) is 0 Å². The standard InChI is InChI=1S/C8H11N3/c9-11-8-4-3-7-6(8)2-1-5-10-7/h1-2,5,8,11H,3-4,9H2. The summed E-state index contributed by atoms with van der Waals surface area (Å²) >= 11 is 0. The quantitative estimate of drug-likeness (QED) is 0.452. The lowest BCUT2D eigenvalue weighted by Gasteiger charge is -2.07. The minimum absolute atomic E-state index is 0.318. The molecular weight excluding hydrogens is 138 g/mol. The number of hydrazine groups is 1. The minimum atomic E-state index is 0.318. The summed E-state index contributed by atoms with van der Waals surface area (Å²) in [5.74, 6) is 5.37. The largest absolute Gasteiger partial charge is 0.271 e. The Labute approximate surface area is 65.6 Å². The average molecular weight is 149 g/mol. The van der Waals surface area contributed by atoms with Crippen molar-refractivity contribution in [2.75, 3.05) is 0 Å². The fraction of sp³-hybridized carbons (Fsp3) is 0.375. The number of nitrogens with zero attached hydrogens (tertiary/aromatic N) is 1. The molecule has 1 aromatic heterocycles. The van der Waals surface area contributed by atoms with Crippen molar-refractivity contribution in [2.24, 2.45) is 5.84 Å². The van der Waals surface area contributed by atoms with Crippen molar-refractivity contribution >= 4 is 0 Å². The van der Waals surface area contributed by atoms with Gasteiger partial charge in [-0.15, -0.1) is 0 Å². The maximum Gasteiger partial charge on any atom is 0.0481 e. The zero-order valence-corrected chi connectivity index (χ0v) is 6.25. The van der Waals surface area contributed by atoms with Crippen molar-refractivity contribution < 1.29 is 0 Å². The van der Waals surface area contributed by atoms with E-state index in [0.29, 0.717) is 6.04 Å². The van der Waals surface area contributed by atoms with E-state index in [1.807, 2.05) is 12.3 Å². The van der Waals surface area contributed by atoms with Gasteiger partial charge in [-0.25, -0.2) is 0 Å². The van der Waals surface area contributed by atoms with Crippen LogP contribution in [0.4, 0.5) is 0 Å². The normalized spacial score (nSPS) is 21.7. The van der Waals surface area contributed by atoms with Crippen LogP contribution < -0.4 is 11.3 Å². The molecule has 1 heterocycles. The molecular formula is C8H11N3. The van der Waals surface area contributed by atoms with Gasteiger partial charge in [0.1, 0.15) is 0 Å². The van der Waals surface area contributed by atoms with Crippen LogP contribution in [0.5, 0.6) is 0 Å². The molecule has 0 amide bonds. The summed E-state index contributed by atoms with van der Waals surface area (Å²) in [6, 6.07) is 4.35. The van der Waals surface area contributed by atoms with E-state index in [9.17, 15) is 0 Å². The molecule has 0 fully saturated rings. The Bertz CT molecular complexity index is 259. The lowest BCUT2D eigenvalue weighted by atomic mass is 10.2. The zero-order valence-electron chi connectivity index (χ0n) is 6.25. The van der Waals surface area contributed by atoms with Crippen LogP contribution in [0.2, 0.25) is 0 Å². The van der Waals surface area contributed by atoms with Crippen molar-refractivity contribution in [3.05, 3.63) is 29.6 Å². The summed E-state index contributed by atoms with van der Waals surface area (Å²) in [6.07, 6.45) is 3.95. The maximum atomic E-state index is 5.37. The van der Waals surface area contributed by atoms with E-state index in [-0.39, 0.29) is 0 Å². The molecule has 0 bridgehead atoms. The van der Waals surface area contributed by atoms with E-state index in [1.165, 1.54) is 11.3 Å². The van der Waals surface area contributed by atoms with E-state index in [0.717, 1.165) is 12.8 Å². The van der Waals surface area contributed by atoms with Gasteiger partial charge in [-0.2, -0.15) is 0 Å². The number of hydrogen-bond donors (Lipinski definition) is 2. The Hall–Kier alpha value is -0.930. The zero-order chi connectivity index (χ0) is 7.68. The van der Waals surface area contributed by atoms with Gasteiger partial charge < -0.3 is 0 Å². The number of aromatic nitrogens is 1. The summed E-state index contributed by atoms with van der Waals surface area (Å²) in [6.45, 7) is 0. The summed E-state index contributed by atoms with van der Waals surface area (Å²) < 4.78 is 0. The number of rotatable bonds is 1. The Morgan fingerprint density at radius 1 is 1.64 bits per heavy atom. The molecule has 58 valence electrons. The van der Waals surface area contributed by atoms with Crippen molar-refractivity contribution in [1.29, 1.82) is 0 Å². The monoisotopic (exact) mass is 149 g/mol. The minimum Gasteiger partial charge on any atom is -0.271 e. The number of aryl methyl sites for hydroxylation is 1. The van der Waals surface area contributed by atoms with Gasteiger partial charge in [0.15, 0.2) is 0 Å². The highest BCUT2D eigenvalue weighted by Gasteiger charge is 2.21. The third-order valence-corrected chi connectivity index (χ3v) is 2.17. The molecule has 0 aromatic carbocycles. The molecule has 3 N–H and O–H groups in total. The van der Waals surface area contributed by atoms with Crippen LogP contribution >= 0.6 is 0 Å². The lowest BCUT2D eigenvalue weighted by molar-refractivity contribution is 0.551. The SMILES string of the molecule is NNC1CCc2ncccc21. The van der Waals surface area contributed by atoms with Gasteiger partial charge in [0, 0.05) is 17.9 Å².